The minimum Gasteiger partial charge on any atom is -0.422 e. The molecule has 0 atom stereocenters. The predicted molar refractivity (Wildman–Crippen MR) is 103 cm³/mol. The Balaban J connectivity index is 2.06. The van der Waals surface area contributed by atoms with Crippen molar-refractivity contribution in [1.29, 1.82) is 0 Å². The summed E-state index contributed by atoms with van der Waals surface area (Å²) in [6.45, 7) is 1.98. The molecule has 3 heteroatoms. The van der Waals surface area contributed by atoms with Gasteiger partial charge in [0.2, 0.25) is 0 Å². The standard InChI is InChI=1S/C22H14O2S/c1-15-9-11-18-20(14-15)24-22(23)19(12-10-17-8-5-13-25-17)21(18)16-6-3-2-4-7-16/h2-9,11,13-14H,1H3. The number of hydrogen-bond donors (Lipinski definition) is 0. The van der Waals surface area contributed by atoms with E-state index in [0.717, 1.165) is 27.0 Å². The van der Waals surface area contributed by atoms with Crippen molar-refractivity contribution in [1.82, 2.24) is 0 Å². The van der Waals surface area contributed by atoms with Crippen LogP contribution >= 0.6 is 11.3 Å². The van der Waals surface area contributed by atoms with Gasteiger partial charge in [-0.05, 0) is 35.6 Å². The van der Waals surface area contributed by atoms with Gasteiger partial charge < -0.3 is 4.42 Å². The van der Waals surface area contributed by atoms with Crippen LogP contribution in [0.15, 0.2) is 75.3 Å². The molecule has 0 aliphatic rings. The van der Waals surface area contributed by atoms with E-state index in [1.165, 1.54) is 0 Å². The van der Waals surface area contributed by atoms with Crippen molar-refractivity contribution in [3.05, 3.63) is 92.5 Å². The van der Waals surface area contributed by atoms with Gasteiger partial charge >= 0.3 is 5.63 Å². The van der Waals surface area contributed by atoms with E-state index in [2.05, 4.69) is 11.8 Å². The third-order valence-electron chi connectivity index (χ3n) is 3.96. The molecule has 120 valence electrons. The second-order valence-electron chi connectivity index (χ2n) is 5.73. The lowest BCUT2D eigenvalue weighted by Crippen LogP contribution is -2.07. The van der Waals surface area contributed by atoms with Crippen molar-refractivity contribution in [3.8, 4) is 23.0 Å². The van der Waals surface area contributed by atoms with E-state index in [-0.39, 0.29) is 0 Å². The summed E-state index contributed by atoms with van der Waals surface area (Å²) >= 11 is 1.55. The number of thiophene rings is 1. The van der Waals surface area contributed by atoms with Gasteiger partial charge in [-0.3, -0.25) is 0 Å². The summed E-state index contributed by atoms with van der Waals surface area (Å²) in [5.41, 5.74) is 3.42. The molecule has 4 aromatic rings. The van der Waals surface area contributed by atoms with Crippen LogP contribution in [0.25, 0.3) is 22.1 Å². The fourth-order valence-corrected chi connectivity index (χ4v) is 3.37. The van der Waals surface area contributed by atoms with E-state index in [1.54, 1.807) is 11.3 Å². The van der Waals surface area contributed by atoms with Crippen LogP contribution in [0, 0.1) is 18.8 Å². The molecule has 0 spiro atoms. The Morgan fingerprint density at radius 2 is 1.80 bits per heavy atom. The van der Waals surface area contributed by atoms with Crippen molar-refractivity contribution in [2.45, 2.75) is 6.92 Å². The first-order chi connectivity index (χ1) is 12.2. The fourth-order valence-electron chi connectivity index (χ4n) is 2.80. The van der Waals surface area contributed by atoms with E-state index in [9.17, 15) is 4.79 Å². The molecule has 0 unspecified atom stereocenters. The van der Waals surface area contributed by atoms with Gasteiger partial charge in [0.1, 0.15) is 11.1 Å². The molecule has 2 aromatic carbocycles. The highest BCUT2D eigenvalue weighted by molar-refractivity contribution is 7.10. The van der Waals surface area contributed by atoms with Crippen molar-refractivity contribution < 1.29 is 4.42 Å². The molecular weight excluding hydrogens is 328 g/mol. The fraction of sp³-hybridized carbons (Fsp3) is 0.0455. The Morgan fingerprint density at radius 1 is 0.960 bits per heavy atom. The highest BCUT2D eigenvalue weighted by atomic mass is 32.1. The Labute approximate surface area is 149 Å². The smallest absolute Gasteiger partial charge is 0.352 e. The van der Waals surface area contributed by atoms with Gasteiger partial charge in [-0.2, -0.15) is 0 Å². The van der Waals surface area contributed by atoms with Crippen LogP contribution in [0.4, 0.5) is 0 Å². The number of fused-ring (bicyclic) bond motifs is 1. The second kappa shape index (κ2) is 6.43. The summed E-state index contributed by atoms with van der Waals surface area (Å²) in [5.74, 6) is 6.12. The van der Waals surface area contributed by atoms with E-state index in [0.29, 0.717) is 11.1 Å². The average Bonchev–Trinajstić information content (AvgIpc) is 3.13. The second-order valence-corrected chi connectivity index (χ2v) is 6.68. The van der Waals surface area contributed by atoms with Crippen LogP contribution in [0.1, 0.15) is 16.0 Å². The van der Waals surface area contributed by atoms with Gasteiger partial charge in [0, 0.05) is 10.9 Å². The predicted octanol–water partition coefficient (Wildman–Crippen LogP) is 5.23. The Bertz CT molecular complexity index is 1160. The third-order valence-corrected chi connectivity index (χ3v) is 4.74. The number of hydrogen-bond acceptors (Lipinski definition) is 3. The molecule has 0 saturated heterocycles. The molecule has 0 saturated carbocycles. The van der Waals surface area contributed by atoms with Crippen LogP contribution in [0.2, 0.25) is 0 Å². The molecule has 4 rings (SSSR count). The van der Waals surface area contributed by atoms with Gasteiger partial charge in [-0.25, -0.2) is 4.79 Å². The van der Waals surface area contributed by atoms with Gasteiger partial charge in [-0.15, -0.1) is 11.3 Å². The van der Waals surface area contributed by atoms with Crippen molar-refractivity contribution in [3.63, 3.8) is 0 Å². The number of benzene rings is 2. The SMILES string of the molecule is Cc1ccc2c(-c3ccccc3)c(C#Cc3cccs3)c(=O)oc2c1. The zero-order valence-electron chi connectivity index (χ0n) is 13.6. The molecule has 0 radical (unpaired) electrons. The molecule has 0 N–H and O–H groups in total. The van der Waals surface area contributed by atoms with Crippen LogP contribution < -0.4 is 5.63 Å². The topological polar surface area (TPSA) is 30.2 Å². The molecule has 2 aromatic heterocycles. The van der Waals surface area contributed by atoms with Gasteiger partial charge in [0.25, 0.3) is 0 Å². The first kappa shape index (κ1) is 15.4. The molecule has 0 bridgehead atoms. The Morgan fingerprint density at radius 3 is 2.56 bits per heavy atom. The largest absolute Gasteiger partial charge is 0.422 e. The third kappa shape index (κ3) is 3.00. The molecule has 0 fully saturated rings. The monoisotopic (exact) mass is 342 g/mol. The molecule has 25 heavy (non-hydrogen) atoms. The lowest BCUT2D eigenvalue weighted by atomic mass is 9.96. The lowest BCUT2D eigenvalue weighted by Gasteiger charge is -2.09. The maximum Gasteiger partial charge on any atom is 0.352 e. The van der Waals surface area contributed by atoms with Crippen molar-refractivity contribution in [2.75, 3.05) is 0 Å². The van der Waals surface area contributed by atoms with E-state index >= 15 is 0 Å². The zero-order valence-corrected chi connectivity index (χ0v) is 14.4. The summed E-state index contributed by atoms with van der Waals surface area (Å²) in [6.07, 6.45) is 0. The lowest BCUT2D eigenvalue weighted by molar-refractivity contribution is 0.559. The quantitative estimate of drug-likeness (QED) is 0.350. The molecule has 2 nitrogen and oxygen atoms in total. The van der Waals surface area contributed by atoms with Crippen LogP contribution in [0.5, 0.6) is 0 Å². The summed E-state index contributed by atoms with van der Waals surface area (Å²) in [6, 6.07) is 19.6. The molecule has 0 aliphatic carbocycles. The maximum atomic E-state index is 12.6. The normalized spacial score (nSPS) is 10.4. The van der Waals surface area contributed by atoms with E-state index in [4.69, 9.17) is 4.42 Å². The highest BCUT2D eigenvalue weighted by Crippen LogP contribution is 2.30. The number of rotatable bonds is 1. The summed E-state index contributed by atoms with van der Waals surface area (Å²) < 4.78 is 5.55. The first-order valence-electron chi connectivity index (χ1n) is 7.91. The highest BCUT2D eigenvalue weighted by Gasteiger charge is 2.15. The summed E-state index contributed by atoms with van der Waals surface area (Å²) in [7, 11) is 0. The molecule has 0 aliphatic heterocycles. The van der Waals surface area contributed by atoms with Crippen LogP contribution in [0.3, 0.4) is 0 Å². The zero-order chi connectivity index (χ0) is 17.2. The maximum absolute atomic E-state index is 12.6. The van der Waals surface area contributed by atoms with E-state index in [1.807, 2.05) is 73.0 Å². The van der Waals surface area contributed by atoms with E-state index < -0.39 is 5.63 Å². The van der Waals surface area contributed by atoms with Crippen LogP contribution in [-0.2, 0) is 0 Å². The molecule has 2 heterocycles. The van der Waals surface area contributed by atoms with Crippen molar-refractivity contribution >= 4 is 22.3 Å². The Hall–Kier alpha value is -3.09. The molecule has 0 amide bonds. The minimum atomic E-state index is -0.402. The minimum absolute atomic E-state index is 0.399. The van der Waals surface area contributed by atoms with Gasteiger partial charge in [-0.1, -0.05) is 60.4 Å². The molecular formula is C22H14O2S. The average molecular weight is 342 g/mol. The summed E-state index contributed by atoms with van der Waals surface area (Å²) in [5, 5.41) is 2.86. The first-order valence-corrected chi connectivity index (χ1v) is 8.79. The van der Waals surface area contributed by atoms with Crippen molar-refractivity contribution in [2.24, 2.45) is 0 Å². The van der Waals surface area contributed by atoms with Gasteiger partial charge in [0.15, 0.2) is 0 Å². The van der Waals surface area contributed by atoms with Gasteiger partial charge in [0.05, 0.1) is 4.88 Å². The Kier molecular flexibility index (Phi) is 3.97. The summed E-state index contributed by atoms with van der Waals surface area (Å²) in [4.78, 5) is 13.6. The number of aryl methyl sites for hydroxylation is 1. The van der Waals surface area contributed by atoms with Crippen LogP contribution in [-0.4, -0.2) is 0 Å².